The van der Waals surface area contributed by atoms with Gasteiger partial charge in [-0.05, 0) is 36.8 Å². The van der Waals surface area contributed by atoms with Crippen LogP contribution in [0, 0.1) is 0 Å². The van der Waals surface area contributed by atoms with Gasteiger partial charge in [-0.15, -0.1) is 0 Å². The largest absolute Gasteiger partial charge is 0.462 e. The molecule has 210 valence electrons. The maximum atomic E-state index is 15.2. The molecule has 0 fully saturated rings. The Balaban J connectivity index is 1.52. The molecule has 5 heteroatoms. The van der Waals surface area contributed by atoms with Crippen LogP contribution in [0.1, 0.15) is 40.4 Å². The molecule has 0 saturated carbocycles. The second-order valence-electron chi connectivity index (χ2n) is 10.9. The number of ether oxygens (including phenoxy) is 1. The summed E-state index contributed by atoms with van der Waals surface area (Å²) >= 11 is 0. The third kappa shape index (κ3) is 4.41. The fourth-order valence-corrected chi connectivity index (χ4v) is 6.35. The summed E-state index contributed by atoms with van der Waals surface area (Å²) in [5.41, 5.74) is 3.51. The SMILES string of the molecule is CC1CC2(c3ccccc3)OC(c3ccccc3)=C(c3ccccc3)C(=O)N2c2ccccc2N1C(=O)c1ccccc1. The van der Waals surface area contributed by atoms with Crippen LogP contribution in [0.4, 0.5) is 11.4 Å². The third-order valence-electron chi connectivity index (χ3n) is 8.23. The first kappa shape index (κ1) is 26.5. The Morgan fingerprint density at radius 1 is 0.674 bits per heavy atom. The summed E-state index contributed by atoms with van der Waals surface area (Å²) in [4.78, 5) is 33.0. The van der Waals surface area contributed by atoms with E-state index < -0.39 is 5.72 Å². The lowest BCUT2D eigenvalue weighted by Gasteiger charge is -2.48. The van der Waals surface area contributed by atoms with Crippen molar-refractivity contribution >= 4 is 34.5 Å². The van der Waals surface area contributed by atoms with Gasteiger partial charge < -0.3 is 9.64 Å². The average molecular weight is 563 g/mol. The predicted octanol–water partition coefficient (Wildman–Crippen LogP) is 7.91. The molecule has 2 aliphatic heterocycles. The summed E-state index contributed by atoms with van der Waals surface area (Å²) in [7, 11) is 0. The maximum absolute atomic E-state index is 15.2. The molecule has 2 heterocycles. The average Bonchev–Trinajstić information content (AvgIpc) is 3.18. The molecule has 2 aliphatic rings. The summed E-state index contributed by atoms with van der Waals surface area (Å²) in [6, 6.07) is 45.9. The van der Waals surface area contributed by atoms with E-state index >= 15 is 4.79 Å². The molecule has 0 bridgehead atoms. The van der Waals surface area contributed by atoms with Crippen LogP contribution in [0.2, 0.25) is 0 Å². The molecule has 2 atom stereocenters. The first-order valence-electron chi connectivity index (χ1n) is 14.5. The van der Waals surface area contributed by atoms with E-state index in [1.54, 1.807) is 4.90 Å². The zero-order valence-electron chi connectivity index (χ0n) is 23.8. The summed E-state index contributed by atoms with van der Waals surface area (Å²) in [6.45, 7) is 2.03. The number of para-hydroxylation sites is 2. The molecule has 0 aromatic heterocycles. The van der Waals surface area contributed by atoms with Gasteiger partial charge in [-0.3, -0.25) is 14.5 Å². The van der Waals surface area contributed by atoms with Gasteiger partial charge in [-0.1, -0.05) is 121 Å². The number of carbonyl (C=O) groups excluding carboxylic acids is 2. The highest BCUT2D eigenvalue weighted by molar-refractivity contribution is 6.33. The number of hydrogen-bond acceptors (Lipinski definition) is 3. The zero-order valence-corrected chi connectivity index (χ0v) is 23.8. The highest BCUT2D eigenvalue weighted by Gasteiger charge is 2.55. The summed E-state index contributed by atoms with van der Waals surface area (Å²) < 4.78 is 7.28. The number of hydrogen-bond donors (Lipinski definition) is 0. The van der Waals surface area contributed by atoms with Crippen LogP contribution in [-0.2, 0) is 15.3 Å². The fourth-order valence-electron chi connectivity index (χ4n) is 6.35. The lowest BCUT2D eigenvalue weighted by atomic mass is 9.88. The van der Waals surface area contributed by atoms with Crippen LogP contribution in [-0.4, -0.2) is 17.9 Å². The first-order valence-corrected chi connectivity index (χ1v) is 14.5. The van der Waals surface area contributed by atoms with Gasteiger partial charge in [0.15, 0.2) is 0 Å². The number of benzene rings is 5. The van der Waals surface area contributed by atoms with Crippen molar-refractivity contribution in [3.63, 3.8) is 0 Å². The predicted molar refractivity (Wildman–Crippen MR) is 170 cm³/mol. The van der Waals surface area contributed by atoms with Crippen molar-refractivity contribution in [2.75, 3.05) is 9.80 Å². The van der Waals surface area contributed by atoms with Gasteiger partial charge in [0, 0.05) is 29.2 Å². The van der Waals surface area contributed by atoms with Crippen molar-refractivity contribution < 1.29 is 14.3 Å². The molecule has 0 N–H and O–H groups in total. The normalized spacial score (nSPS) is 19.7. The molecule has 5 nitrogen and oxygen atoms in total. The van der Waals surface area contributed by atoms with Crippen LogP contribution in [0.15, 0.2) is 146 Å². The molecule has 5 aromatic rings. The zero-order chi connectivity index (χ0) is 29.4. The maximum Gasteiger partial charge on any atom is 0.266 e. The molecule has 7 rings (SSSR count). The highest BCUT2D eigenvalue weighted by Crippen LogP contribution is 2.53. The van der Waals surface area contributed by atoms with Crippen molar-refractivity contribution in [1.82, 2.24) is 0 Å². The monoisotopic (exact) mass is 562 g/mol. The molecule has 43 heavy (non-hydrogen) atoms. The molecular weight excluding hydrogens is 532 g/mol. The highest BCUT2D eigenvalue weighted by atomic mass is 16.5. The van der Waals surface area contributed by atoms with Crippen LogP contribution in [0.3, 0.4) is 0 Å². The lowest BCUT2D eigenvalue weighted by Crippen LogP contribution is -2.55. The molecule has 2 amide bonds. The Morgan fingerprint density at radius 2 is 1.19 bits per heavy atom. The van der Waals surface area contributed by atoms with E-state index in [4.69, 9.17) is 4.74 Å². The second-order valence-corrected chi connectivity index (χ2v) is 10.9. The molecule has 2 unspecified atom stereocenters. The van der Waals surface area contributed by atoms with Crippen molar-refractivity contribution in [3.05, 3.63) is 168 Å². The topological polar surface area (TPSA) is 49.9 Å². The minimum absolute atomic E-state index is 0.129. The van der Waals surface area contributed by atoms with Gasteiger partial charge >= 0.3 is 0 Å². The van der Waals surface area contributed by atoms with Gasteiger partial charge in [0.25, 0.3) is 11.8 Å². The van der Waals surface area contributed by atoms with Gasteiger partial charge in [0.1, 0.15) is 5.76 Å². The number of nitrogens with zero attached hydrogens (tertiary/aromatic N) is 2. The van der Waals surface area contributed by atoms with Gasteiger partial charge in [0.2, 0.25) is 5.72 Å². The molecule has 0 spiro atoms. The van der Waals surface area contributed by atoms with E-state index in [1.165, 1.54) is 0 Å². The Kier molecular flexibility index (Phi) is 6.63. The first-order chi connectivity index (χ1) is 21.1. The van der Waals surface area contributed by atoms with E-state index in [1.807, 2.05) is 157 Å². The standard InChI is InChI=1S/C38H30N2O3/c1-27-26-38(31-22-12-5-13-23-31)40(33-25-15-14-24-32(33)39(27)36(41)30-20-10-4-11-21-30)37(42)34(28-16-6-2-7-17-28)35(43-38)29-18-8-3-9-19-29/h2-25,27H,26H2,1H3. The number of amides is 2. The Bertz CT molecular complexity index is 1820. The Morgan fingerprint density at radius 3 is 1.81 bits per heavy atom. The molecular formula is C38H30N2O3. The minimum Gasteiger partial charge on any atom is -0.462 e. The van der Waals surface area contributed by atoms with E-state index in [2.05, 4.69) is 0 Å². The van der Waals surface area contributed by atoms with Gasteiger partial charge in [-0.2, -0.15) is 0 Å². The summed E-state index contributed by atoms with van der Waals surface area (Å²) in [6.07, 6.45) is 0.342. The van der Waals surface area contributed by atoms with Crippen molar-refractivity contribution in [2.45, 2.75) is 25.1 Å². The lowest BCUT2D eigenvalue weighted by molar-refractivity contribution is -0.120. The number of carbonyl (C=O) groups is 2. The number of anilines is 2. The van der Waals surface area contributed by atoms with Crippen LogP contribution >= 0.6 is 0 Å². The van der Waals surface area contributed by atoms with Crippen molar-refractivity contribution in [1.29, 1.82) is 0 Å². The van der Waals surface area contributed by atoms with E-state index in [-0.39, 0.29) is 17.9 Å². The second kappa shape index (κ2) is 10.8. The van der Waals surface area contributed by atoms with Crippen LogP contribution < -0.4 is 9.80 Å². The number of rotatable bonds is 4. The van der Waals surface area contributed by atoms with E-state index in [0.717, 1.165) is 16.7 Å². The van der Waals surface area contributed by atoms with Crippen molar-refractivity contribution in [3.8, 4) is 0 Å². The molecule has 5 aromatic carbocycles. The van der Waals surface area contributed by atoms with Gasteiger partial charge in [0.05, 0.1) is 16.9 Å². The molecule has 0 saturated heterocycles. The molecule has 0 radical (unpaired) electrons. The Labute approximate surface area is 251 Å². The van der Waals surface area contributed by atoms with Crippen molar-refractivity contribution in [2.24, 2.45) is 0 Å². The van der Waals surface area contributed by atoms with Crippen LogP contribution in [0.5, 0.6) is 0 Å². The van der Waals surface area contributed by atoms with E-state index in [0.29, 0.717) is 34.7 Å². The fraction of sp³-hybridized carbons (Fsp3) is 0.105. The Hall–Kier alpha value is -5.42. The molecule has 0 aliphatic carbocycles. The third-order valence-corrected chi connectivity index (χ3v) is 8.23. The quantitative estimate of drug-likeness (QED) is 0.224. The van der Waals surface area contributed by atoms with Crippen LogP contribution in [0.25, 0.3) is 11.3 Å². The van der Waals surface area contributed by atoms with E-state index in [9.17, 15) is 4.79 Å². The smallest absolute Gasteiger partial charge is 0.266 e. The minimum atomic E-state index is -1.23. The van der Waals surface area contributed by atoms with Gasteiger partial charge in [-0.25, -0.2) is 0 Å². The number of fused-ring (bicyclic) bond motifs is 3. The summed E-state index contributed by atoms with van der Waals surface area (Å²) in [5, 5.41) is 0. The summed E-state index contributed by atoms with van der Waals surface area (Å²) in [5.74, 6) is 0.203.